The van der Waals surface area contributed by atoms with Crippen molar-refractivity contribution in [2.45, 2.75) is 38.6 Å². The van der Waals surface area contributed by atoms with Gasteiger partial charge in [-0.05, 0) is 44.7 Å². The Labute approximate surface area is 145 Å². The van der Waals surface area contributed by atoms with Gasteiger partial charge in [0.25, 0.3) is 0 Å². The molecular formula is C19H21N5O. The molecule has 3 aromatic rings. The number of aryl methyl sites for hydroxylation is 2. The van der Waals surface area contributed by atoms with Crippen LogP contribution in [-0.2, 0) is 19.9 Å². The van der Waals surface area contributed by atoms with Gasteiger partial charge in [0.2, 0.25) is 5.95 Å². The maximum absolute atomic E-state index is 11.9. The first kappa shape index (κ1) is 14.7. The zero-order valence-electron chi connectivity index (χ0n) is 14.5. The molecule has 5 rings (SSSR count). The quantitative estimate of drug-likeness (QED) is 0.781. The van der Waals surface area contributed by atoms with Crippen molar-refractivity contribution >= 4 is 17.0 Å². The van der Waals surface area contributed by atoms with Gasteiger partial charge in [0, 0.05) is 36.5 Å². The third-order valence-electron chi connectivity index (χ3n) is 5.68. The summed E-state index contributed by atoms with van der Waals surface area (Å²) < 4.78 is 1.64. The van der Waals surface area contributed by atoms with E-state index < -0.39 is 0 Å². The summed E-state index contributed by atoms with van der Waals surface area (Å²) in [6.45, 7) is 3.25. The summed E-state index contributed by atoms with van der Waals surface area (Å²) in [5.74, 6) is 0.857. The van der Waals surface area contributed by atoms with Gasteiger partial charge in [-0.2, -0.15) is 0 Å². The van der Waals surface area contributed by atoms with Crippen LogP contribution in [0.3, 0.4) is 0 Å². The molecule has 6 nitrogen and oxygen atoms in total. The Kier molecular flexibility index (Phi) is 3.04. The summed E-state index contributed by atoms with van der Waals surface area (Å²) >= 11 is 0. The van der Waals surface area contributed by atoms with Crippen LogP contribution in [0.25, 0.3) is 22.3 Å². The van der Waals surface area contributed by atoms with Crippen molar-refractivity contribution in [3.05, 3.63) is 39.9 Å². The van der Waals surface area contributed by atoms with Crippen molar-refractivity contribution < 1.29 is 0 Å². The summed E-state index contributed by atoms with van der Waals surface area (Å²) in [4.78, 5) is 26.9. The Morgan fingerprint density at radius 1 is 1.24 bits per heavy atom. The molecule has 0 bridgehead atoms. The van der Waals surface area contributed by atoms with Gasteiger partial charge in [-0.25, -0.2) is 14.8 Å². The second-order valence-electron chi connectivity index (χ2n) is 7.20. The van der Waals surface area contributed by atoms with E-state index in [4.69, 9.17) is 9.97 Å². The molecule has 1 fully saturated rings. The molecule has 0 amide bonds. The van der Waals surface area contributed by atoms with Crippen LogP contribution in [0.1, 0.15) is 31.0 Å². The first-order valence-electron chi connectivity index (χ1n) is 8.97. The molecule has 1 saturated heterocycles. The summed E-state index contributed by atoms with van der Waals surface area (Å²) in [5.41, 5.74) is 6.24. The van der Waals surface area contributed by atoms with Crippen LogP contribution in [0.4, 0.5) is 5.95 Å². The van der Waals surface area contributed by atoms with Crippen molar-refractivity contribution in [3.63, 3.8) is 0 Å². The minimum Gasteiger partial charge on any atom is -0.338 e. The first-order valence-corrected chi connectivity index (χ1v) is 8.97. The van der Waals surface area contributed by atoms with E-state index >= 15 is 0 Å². The van der Waals surface area contributed by atoms with Crippen LogP contribution in [0.2, 0.25) is 0 Å². The normalized spacial score (nSPS) is 19.3. The largest absolute Gasteiger partial charge is 0.338 e. The van der Waals surface area contributed by atoms with Gasteiger partial charge in [-0.1, -0.05) is 6.07 Å². The SMILES string of the molecule is C[C@H]1CCN1c1nc2c(c(-c3ccc4c(c3)[nH]c(=O)n4C)n1)CCC2. The molecule has 6 heteroatoms. The van der Waals surface area contributed by atoms with Gasteiger partial charge in [0.1, 0.15) is 0 Å². The minimum absolute atomic E-state index is 0.0878. The number of nitrogens with zero attached hydrogens (tertiary/aromatic N) is 4. The van der Waals surface area contributed by atoms with Crippen LogP contribution >= 0.6 is 0 Å². The first-order chi connectivity index (χ1) is 12.1. The van der Waals surface area contributed by atoms with Crippen molar-refractivity contribution in [3.8, 4) is 11.3 Å². The number of hydrogen-bond acceptors (Lipinski definition) is 4. The lowest BCUT2D eigenvalue weighted by molar-refractivity contribution is 0.470. The number of hydrogen-bond donors (Lipinski definition) is 1. The van der Waals surface area contributed by atoms with Gasteiger partial charge in [-0.3, -0.25) is 4.57 Å². The average molecular weight is 335 g/mol. The number of aromatic nitrogens is 4. The van der Waals surface area contributed by atoms with Gasteiger partial charge in [-0.15, -0.1) is 0 Å². The number of H-pyrrole nitrogens is 1. The molecule has 3 heterocycles. The van der Waals surface area contributed by atoms with Crippen LogP contribution in [0, 0.1) is 0 Å². The predicted molar refractivity (Wildman–Crippen MR) is 98.0 cm³/mol. The Balaban J connectivity index is 1.69. The molecule has 1 aromatic carbocycles. The van der Waals surface area contributed by atoms with Gasteiger partial charge in [0.15, 0.2) is 0 Å². The number of anilines is 1. The molecular weight excluding hydrogens is 314 g/mol. The van der Waals surface area contributed by atoms with Gasteiger partial charge in [0.05, 0.1) is 16.7 Å². The Hall–Kier alpha value is -2.63. The van der Waals surface area contributed by atoms with Crippen molar-refractivity contribution in [2.24, 2.45) is 7.05 Å². The summed E-state index contributed by atoms with van der Waals surface area (Å²) in [5, 5.41) is 0. The molecule has 25 heavy (non-hydrogen) atoms. The topological polar surface area (TPSA) is 66.8 Å². The van der Waals surface area contributed by atoms with Crippen LogP contribution < -0.4 is 10.6 Å². The van der Waals surface area contributed by atoms with E-state index in [0.29, 0.717) is 6.04 Å². The molecule has 0 spiro atoms. The number of imidazole rings is 1. The van der Waals surface area contributed by atoms with E-state index in [0.717, 1.165) is 54.0 Å². The maximum atomic E-state index is 11.9. The minimum atomic E-state index is -0.0878. The zero-order chi connectivity index (χ0) is 17.1. The van der Waals surface area contributed by atoms with Crippen molar-refractivity contribution in [1.82, 2.24) is 19.5 Å². The number of rotatable bonds is 2. The lowest BCUT2D eigenvalue weighted by atomic mass is 10.0. The second kappa shape index (κ2) is 5.18. The lowest BCUT2D eigenvalue weighted by Crippen LogP contribution is -2.46. The van der Waals surface area contributed by atoms with Crippen LogP contribution in [0.5, 0.6) is 0 Å². The highest BCUT2D eigenvalue weighted by Gasteiger charge is 2.29. The molecule has 1 atom stereocenters. The zero-order valence-corrected chi connectivity index (χ0v) is 14.5. The molecule has 0 unspecified atom stereocenters. The Bertz CT molecular complexity index is 1050. The van der Waals surface area contributed by atoms with Gasteiger partial charge < -0.3 is 9.88 Å². The average Bonchev–Trinajstić information content (AvgIpc) is 3.17. The van der Waals surface area contributed by atoms with Crippen molar-refractivity contribution in [2.75, 3.05) is 11.4 Å². The fourth-order valence-electron chi connectivity index (χ4n) is 3.98. The second-order valence-corrected chi connectivity index (χ2v) is 7.20. The number of aromatic amines is 1. The number of benzene rings is 1. The van der Waals surface area contributed by atoms with Crippen molar-refractivity contribution in [1.29, 1.82) is 0 Å². The standard InChI is InChI=1S/C19H21N5O/c1-11-8-9-24(11)18-20-14-5-3-4-13(14)17(22-18)12-6-7-16-15(10-12)21-19(25)23(16)2/h6-7,10-11H,3-5,8-9H2,1-2H3,(H,21,25)/t11-/m0/s1. The van der Waals surface area contributed by atoms with Crippen LogP contribution in [-0.4, -0.2) is 32.1 Å². The molecule has 128 valence electrons. The molecule has 0 radical (unpaired) electrons. The summed E-state index contributed by atoms with van der Waals surface area (Å²) in [6, 6.07) is 6.62. The fraction of sp³-hybridized carbons (Fsp3) is 0.421. The summed E-state index contributed by atoms with van der Waals surface area (Å²) in [7, 11) is 1.78. The van der Waals surface area contributed by atoms with E-state index in [9.17, 15) is 4.79 Å². The number of nitrogens with one attached hydrogen (secondary N) is 1. The molecule has 2 aliphatic rings. The highest BCUT2D eigenvalue weighted by atomic mass is 16.1. The molecule has 2 aromatic heterocycles. The smallest absolute Gasteiger partial charge is 0.326 e. The van der Waals surface area contributed by atoms with Crippen LogP contribution in [0.15, 0.2) is 23.0 Å². The lowest BCUT2D eigenvalue weighted by Gasteiger charge is -2.39. The van der Waals surface area contributed by atoms with E-state index in [2.05, 4.69) is 22.9 Å². The van der Waals surface area contributed by atoms with E-state index in [1.54, 1.807) is 11.6 Å². The fourth-order valence-corrected chi connectivity index (χ4v) is 3.98. The summed E-state index contributed by atoms with van der Waals surface area (Å²) in [6.07, 6.45) is 4.40. The monoisotopic (exact) mass is 335 g/mol. The molecule has 1 aliphatic heterocycles. The van der Waals surface area contributed by atoms with Gasteiger partial charge >= 0.3 is 5.69 Å². The Morgan fingerprint density at radius 3 is 2.88 bits per heavy atom. The predicted octanol–water partition coefficient (Wildman–Crippen LogP) is 2.41. The maximum Gasteiger partial charge on any atom is 0.326 e. The molecule has 0 saturated carbocycles. The van der Waals surface area contributed by atoms with E-state index in [1.807, 2.05) is 12.1 Å². The highest BCUT2D eigenvalue weighted by Crippen LogP contribution is 2.34. The molecule has 1 N–H and O–H groups in total. The molecule has 1 aliphatic carbocycles. The van der Waals surface area contributed by atoms with E-state index in [-0.39, 0.29) is 5.69 Å². The Morgan fingerprint density at radius 2 is 2.12 bits per heavy atom. The number of fused-ring (bicyclic) bond motifs is 2. The van der Waals surface area contributed by atoms with E-state index in [1.165, 1.54) is 17.7 Å². The highest BCUT2D eigenvalue weighted by molar-refractivity contribution is 5.82. The third-order valence-corrected chi connectivity index (χ3v) is 5.68. The third kappa shape index (κ3) is 2.13.